The maximum Gasteiger partial charge on any atom is 0.408 e. The van der Waals surface area contributed by atoms with Crippen molar-refractivity contribution < 1.29 is 24.2 Å². The third-order valence-corrected chi connectivity index (χ3v) is 2.61. The van der Waals surface area contributed by atoms with Gasteiger partial charge in [0.2, 0.25) is 0 Å². The smallest absolute Gasteiger partial charge is 0.408 e. The molecule has 0 aliphatic carbocycles. The Hall–Kier alpha value is -2.24. The molecule has 0 spiro atoms. The lowest BCUT2D eigenvalue weighted by Gasteiger charge is -2.23. The number of amides is 1. The van der Waals surface area contributed by atoms with E-state index in [1.54, 1.807) is 32.9 Å². The monoisotopic (exact) mass is 309 g/mol. The quantitative estimate of drug-likeness (QED) is 0.844. The van der Waals surface area contributed by atoms with Crippen LogP contribution in [0.25, 0.3) is 0 Å². The summed E-state index contributed by atoms with van der Waals surface area (Å²) in [5.41, 5.74) is 0.455. The van der Waals surface area contributed by atoms with Crippen molar-refractivity contribution in [3.8, 4) is 5.75 Å². The van der Waals surface area contributed by atoms with Crippen molar-refractivity contribution in [2.75, 3.05) is 6.61 Å². The fourth-order valence-corrected chi connectivity index (χ4v) is 1.67. The van der Waals surface area contributed by atoms with Crippen LogP contribution in [0.5, 0.6) is 5.75 Å². The van der Waals surface area contributed by atoms with Gasteiger partial charge in [0.1, 0.15) is 18.0 Å². The standard InChI is InChI=1S/C16H23NO5/c1-11-5-7-13(8-6-11)21-10-12(9-14(18)19)17-15(20)22-16(2,3)4/h5-8,12H,9-10H2,1-4H3,(H,17,20)(H,18,19). The zero-order valence-electron chi connectivity index (χ0n) is 13.4. The largest absolute Gasteiger partial charge is 0.491 e. The van der Waals surface area contributed by atoms with E-state index < -0.39 is 23.7 Å². The second kappa shape index (κ2) is 7.68. The fraction of sp³-hybridized carbons (Fsp3) is 0.500. The molecule has 2 N–H and O–H groups in total. The lowest BCUT2D eigenvalue weighted by atomic mass is 10.2. The molecule has 0 aliphatic heterocycles. The number of hydrogen-bond acceptors (Lipinski definition) is 4. The molecule has 0 radical (unpaired) electrons. The Morgan fingerprint density at radius 3 is 2.32 bits per heavy atom. The summed E-state index contributed by atoms with van der Waals surface area (Å²) in [7, 11) is 0. The summed E-state index contributed by atoms with van der Waals surface area (Å²) in [6, 6.07) is 6.70. The summed E-state index contributed by atoms with van der Waals surface area (Å²) in [5.74, 6) is -0.402. The van der Waals surface area contributed by atoms with Crippen LogP contribution in [0.15, 0.2) is 24.3 Å². The molecule has 0 heterocycles. The van der Waals surface area contributed by atoms with Crippen molar-refractivity contribution in [1.29, 1.82) is 0 Å². The molecule has 6 heteroatoms. The lowest BCUT2D eigenvalue weighted by Crippen LogP contribution is -2.43. The van der Waals surface area contributed by atoms with Gasteiger partial charge in [-0.05, 0) is 39.8 Å². The second-order valence-corrected chi connectivity index (χ2v) is 6.07. The highest BCUT2D eigenvalue weighted by Gasteiger charge is 2.21. The number of hydrogen-bond donors (Lipinski definition) is 2. The van der Waals surface area contributed by atoms with Gasteiger partial charge in [-0.1, -0.05) is 17.7 Å². The van der Waals surface area contributed by atoms with Gasteiger partial charge in [-0.3, -0.25) is 4.79 Å². The molecular formula is C16H23NO5. The molecule has 1 unspecified atom stereocenters. The fourth-order valence-electron chi connectivity index (χ4n) is 1.67. The van der Waals surface area contributed by atoms with Gasteiger partial charge in [0.15, 0.2) is 0 Å². The van der Waals surface area contributed by atoms with Gasteiger partial charge in [-0.25, -0.2) is 4.79 Å². The van der Waals surface area contributed by atoms with Crippen molar-refractivity contribution in [2.45, 2.75) is 45.8 Å². The molecule has 1 aromatic rings. The first kappa shape index (κ1) is 17.8. The second-order valence-electron chi connectivity index (χ2n) is 6.07. The van der Waals surface area contributed by atoms with Gasteiger partial charge in [0.25, 0.3) is 0 Å². The number of aryl methyl sites for hydroxylation is 1. The van der Waals surface area contributed by atoms with Crippen LogP contribution < -0.4 is 10.1 Å². The van der Waals surface area contributed by atoms with Crippen molar-refractivity contribution in [3.63, 3.8) is 0 Å². The first-order valence-corrected chi connectivity index (χ1v) is 7.06. The minimum absolute atomic E-state index is 0.0502. The summed E-state index contributed by atoms with van der Waals surface area (Å²) in [6.45, 7) is 7.22. The summed E-state index contributed by atoms with van der Waals surface area (Å²) < 4.78 is 10.6. The minimum Gasteiger partial charge on any atom is -0.491 e. The van der Waals surface area contributed by atoms with Crippen molar-refractivity contribution in [1.82, 2.24) is 5.32 Å². The Bertz CT molecular complexity index is 504. The topological polar surface area (TPSA) is 84.9 Å². The summed E-state index contributed by atoms with van der Waals surface area (Å²) >= 11 is 0. The van der Waals surface area contributed by atoms with Crippen LogP contribution in [0, 0.1) is 6.92 Å². The number of carbonyl (C=O) groups excluding carboxylic acids is 1. The first-order valence-electron chi connectivity index (χ1n) is 7.06. The predicted octanol–water partition coefficient (Wildman–Crippen LogP) is 2.74. The van der Waals surface area contributed by atoms with E-state index in [2.05, 4.69) is 5.32 Å². The summed E-state index contributed by atoms with van der Waals surface area (Å²) in [5, 5.41) is 11.4. The maximum absolute atomic E-state index is 11.7. The molecule has 1 aromatic carbocycles. The average molecular weight is 309 g/mol. The molecule has 6 nitrogen and oxygen atoms in total. The molecule has 0 aliphatic rings. The first-order chi connectivity index (χ1) is 10.2. The number of carbonyl (C=O) groups is 2. The van der Waals surface area contributed by atoms with E-state index in [1.807, 2.05) is 19.1 Å². The third-order valence-electron chi connectivity index (χ3n) is 2.61. The molecule has 0 fully saturated rings. The number of carboxylic acid groups (broad SMARTS) is 1. The molecule has 0 bridgehead atoms. The number of benzene rings is 1. The van der Waals surface area contributed by atoms with E-state index in [0.29, 0.717) is 5.75 Å². The van der Waals surface area contributed by atoms with E-state index in [0.717, 1.165) is 5.56 Å². The highest BCUT2D eigenvalue weighted by Crippen LogP contribution is 2.12. The van der Waals surface area contributed by atoms with Gasteiger partial charge in [0, 0.05) is 0 Å². The minimum atomic E-state index is -1.02. The van der Waals surface area contributed by atoms with Gasteiger partial charge in [-0.15, -0.1) is 0 Å². The number of carboxylic acids is 1. The van der Waals surface area contributed by atoms with E-state index >= 15 is 0 Å². The zero-order valence-corrected chi connectivity index (χ0v) is 13.4. The molecule has 1 atom stereocenters. The highest BCUT2D eigenvalue weighted by molar-refractivity contribution is 5.71. The van der Waals surface area contributed by atoms with E-state index in [4.69, 9.17) is 14.6 Å². The van der Waals surface area contributed by atoms with Gasteiger partial charge in [0.05, 0.1) is 12.5 Å². The van der Waals surface area contributed by atoms with Crippen molar-refractivity contribution >= 4 is 12.1 Å². The SMILES string of the molecule is Cc1ccc(OCC(CC(=O)O)NC(=O)OC(C)(C)C)cc1. The lowest BCUT2D eigenvalue weighted by molar-refractivity contribution is -0.137. The molecule has 1 amide bonds. The average Bonchev–Trinajstić information content (AvgIpc) is 2.34. The number of rotatable bonds is 6. The Morgan fingerprint density at radius 1 is 1.23 bits per heavy atom. The Labute approximate surface area is 130 Å². The molecule has 22 heavy (non-hydrogen) atoms. The van der Waals surface area contributed by atoms with Gasteiger partial charge in [-0.2, -0.15) is 0 Å². The molecule has 0 saturated heterocycles. The highest BCUT2D eigenvalue weighted by atomic mass is 16.6. The van der Waals surface area contributed by atoms with Crippen LogP contribution >= 0.6 is 0 Å². The molecule has 1 rings (SSSR count). The van der Waals surface area contributed by atoms with Gasteiger partial charge >= 0.3 is 12.1 Å². The van der Waals surface area contributed by atoms with E-state index in [9.17, 15) is 9.59 Å². The molecule has 122 valence electrons. The van der Waals surface area contributed by atoms with Gasteiger partial charge < -0.3 is 19.9 Å². The van der Waals surface area contributed by atoms with Crippen LogP contribution in [-0.4, -0.2) is 35.4 Å². The Balaban J connectivity index is 2.58. The van der Waals surface area contributed by atoms with Crippen LogP contribution in [0.4, 0.5) is 4.79 Å². The number of nitrogens with one attached hydrogen (secondary N) is 1. The number of aliphatic carboxylic acids is 1. The van der Waals surface area contributed by atoms with Crippen LogP contribution in [0.2, 0.25) is 0 Å². The Kier molecular flexibility index (Phi) is 6.22. The third kappa shape index (κ3) is 7.52. The van der Waals surface area contributed by atoms with Crippen molar-refractivity contribution in [2.24, 2.45) is 0 Å². The maximum atomic E-state index is 11.7. The summed E-state index contributed by atoms with van der Waals surface area (Å²) in [4.78, 5) is 22.6. The van der Waals surface area contributed by atoms with Crippen LogP contribution in [0.3, 0.4) is 0 Å². The molecule has 0 saturated carbocycles. The predicted molar refractivity (Wildman–Crippen MR) is 82.1 cm³/mol. The van der Waals surface area contributed by atoms with E-state index in [1.165, 1.54) is 0 Å². The number of ether oxygens (including phenoxy) is 2. The zero-order chi connectivity index (χ0) is 16.8. The molecular weight excluding hydrogens is 286 g/mol. The normalized spacial score (nSPS) is 12.4. The number of alkyl carbamates (subject to hydrolysis) is 1. The molecule has 0 aromatic heterocycles. The summed E-state index contributed by atoms with van der Waals surface area (Å²) in [6.07, 6.45) is -0.906. The Morgan fingerprint density at radius 2 is 1.82 bits per heavy atom. The van der Waals surface area contributed by atoms with Crippen LogP contribution in [-0.2, 0) is 9.53 Å². The van der Waals surface area contributed by atoms with Crippen LogP contribution in [0.1, 0.15) is 32.8 Å². The van der Waals surface area contributed by atoms with E-state index in [-0.39, 0.29) is 13.0 Å². The van der Waals surface area contributed by atoms with Crippen molar-refractivity contribution in [3.05, 3.63) is 29.8 Å².